The number of carbonyl (C=O) groups excluding carboxylic acids is 1. The van der Waals surface area contributed by atoms with Crippen LogP contribution in [0.5, 0.6) is 0 Å². The van der Waals surface area contributed by atoms with Crippen LogP contribution in [0.3, 0.4) is 0 Å². The number of carbonyl (C=O) groups is 1. The Kier molecular flexibility index (Phi) is 6.47. The normalized spacial score (nSPS) is 21.6. The van der Waals surface area contributed by atoms with Crippen LogP contribution >= 0.6 is 0 Å². The zero-order valence-corrected chi connectivity index (χ0v) is 11.9. The van der Waals surface area contributed by atoms with Crippen LogP contribution in [0.15, 0.2) is 12.7 Å². The molecular formula is C12H21NO5S. The fourth-order valence-corrected chi connectivity index (χ4v) is 3.06. The van der Waals surface area contributed by atoms with Gasteiger partial charge in [0.15, 0.2) is 0 Å². The van der Waals surface area contributed by atoms with Crippen LogP contribution in [0, 0.1) is 0 Å². The number of sulfonamides is 1. The van der Waals surface area contributed by atoms with Gasteiger partial charge in [0.1, 0.15) is 6.10 Å². The quantitative estimate of drug-likeness (QED) is 0.694. The van der Waals surface area contributed by atoms with Gasteiger partial charge in [-0.05, 0) is 26.2 Å². The zero-order valence-electron chi connectivity index (χ0n) is 11.1. The molecule has 0 spiro atoms. The first-order valence-electron chi connectivity index (χ1n) is 6.33. The minimum atomic E-state index is -3.68. The topological polar surface area (TPSA) is 81.7 Å². The molecule has 7 heteroatoms. The van der Waals surface area contributed by atoms with E-state index in [0.29, 0.717) is 13.0 Å². The highest BCUT2D eigenvalue weighted by atomic mass is 32.2. The van der Waals surface area contributed by atoms with E-state index < -0.39 is 22.0 Å². The van der Waals surface area contributed by atoms with Crippen molar-refractivity contribution >= 4 is 15.9 Å². The molecule has 0 aromatic rings. The summed E-state index contributed by atoms with van der Waals surface area (Å²) < 4.78 is 36.0. The molecule has 0 aromatic heterocycles. The van der Waals surface area contributed by atoms with Gasteiger partial charge in [-0.15, -0.1) is 6.58 Å². The first-order valence-corrected chi connectivity index (χ1v) is 7.98. The molecule has 19 heavy (non-hydrogen) atoms. The molecule has 0 radical (unpaired) electrons. The molecule has 1 rings (SSSR count). The van der Waals surface area contributed by atoms with Crippen molar-refractivity contribution in [3.05, 3.63) is 12.7 Å². The standard InChI is InChI=1S/C12H21NO5S/c1-3-7-17-10(2)12(14)13-19(15,16)9-11-6-4-5-8-18-11/h3,10-11H,1,4-9H2,2H3,(H,13,14)/t10-,11+/m0/s1. The minimum absolute atomic E-state index is 0.188. The maximum absolute atomic E-state index is 11.8. The van der Waals surface area contributed by atoms with Crippen molar-refractivity contribution in [2.75, 3.05) is 19.0 Å². The van der Waals surface area contributed by atoms with Gasteiger partial charge < -0.3 is 9.47 Å². The maximum atomic E-state index is 11.8. The summed E-state index contributed by atoms with van der Waals surface area (Å²) in [6.07, 6.45) is 2.94. The summed E-state index contributed by atoms with van der Waals surface area (Å²) in [5.41, 5.74) is 0. The molecule has 1 saturated heterocycles. The molecule has 0 saturated carbocycles. The van der Waals surface area contributed by atoms with Gasteiger partial charge in [0.25, 0.3) is 5.91 Å². The van der Waals surface area contributed by atoms with E-state index in [9.17, 15) is 13.2 Å². The Labute approximate surface area is 114 Å². The lowest BCUT2D eigenvalue weighted by Crippen LogP contribution is -2.42. The molecule has 1 heterocycles. The number of rotatable bonds is 7. The largest absolute Gasteiger partial charge is 0.377 e. The Balaban J connectivity index is 2.44. The minimum Gasteiger partial charge on any atom is -0.377 e. The Morgan fingerprint density at radius 1 is 1.58 bits per heavy atom. The first-order chi connectivity index (χ1) is 8.94. The molecule has 1 aliphatic heterocycles. The summed E-state index contributed by atoms with van der Waals surface area (Å²) in [5, 5.41) is 0. The second-order valence-corrected chi connectivity index (χ2v) is 6.27. The number of amides is 1. The van der Waals surface area contributed by atoms with Gasteiger partial charge in [-0.2, -0.15) is 0 Å². The number of hydrogen-bond acceptors (Lipinski definition) is 5. The van der Waals surface area contributed by atoms with E-state index in [0.717, 1.165) is 12.8 Å². The molecule has 0 unspecified atom stereocenters. The van der Waals surface area contributed by atoms with E-state index in [4.69, 9.17) is 9.47 Å². The highest BCUT2D eigenvalue weighted by Crippen LogP contribution is 2.14. The highest BCUT2D eigenvalue weighted by molar-refractivity contribution is 7.90. The van der Waals surface area contributed by atoms with Crippen molar-refractivity contribution in [2.45, 2.75) is 38.4 Å². The molecule has 110 valence electrons. The number of hydrogen-bond donors (Lipinski definition) is 1. The predicted molar refractivity (Wildman–Crippen MR) is 71.1 cm³/mol. The van der Waals surface area contributed by atoms with E-state index in [-0.39, 0.29) is 18.5 Å². The molecule has 2 atom stereocenters. The van der Waals surface area contributed by atoms with Crippen molar-refractivity contribution in [1.82, 2.24) is 4.72 Å². The van der Waals surface area contributed by atoms with Gasteiger partial charge in [0.2, 0.25) is 10.0 Å². The van der Waals surface area contributed by atoms with Crippen LogP contribution in [0.2, 0.25) is 0 Å². The monoisotopic (exact) mass is 291 g/mol. The Hall–Kier alpha value is -0.920. The third-order valence-corrected chi connectivity index (χ3v) is 4.09. The van der Waals surface area contributed by atoms with Crippen LogP contribution in [0.1, 0.15) is 26.2 Å². The average molecular weight is 291 g/mol. The van der Waals surface area contributed by atoms with E-state index in [1.807, 2.05) is 4.72 Å². The second-order valence-electron chi connectivity index (χ2n) is 4.50. The fraction of sp³-hybridized carbons (Fsp3) is 0.750. The van der Waals surface area contributed by atoms with Crippen molar-refractivity contribution in [1.29, 1.82) is 0 Å². The van der Waals surface area contributed by atoms with Crippen LogP contribution in [-0.2, 0) is 24.3 Å². The molecule has 0 aliphatic carbocycles. The van der Waals surface area contributed by atoms with Crippen LogP contribution in [0.4, 0.5) is 0 Å². The summed E-state index contributed by atoms with van der Waals surface area (Å²) in [6, 6.07) is 0. The summed E-state index contributed by atoms with van der Waals surface area (Å²) in [6.45, 7) is 5.72. The van der Waals surface area contributed by atoms with E-state index in [1.165, 1.54) is 13.0 Å². The molecule has 0 aromatic carbocycles. The molecule has 1 amide bonds. The van der Waals surface area contributed by atoms with E-state index in [1.54, 1.807) is 0 Å². The summed E-state index contributed by atoms with van der Waals surface area (Å²) in [4.78, 5) is 11.6. The zero-order chi connectivity index (χ0) is 14.3. The molecule has 1 aliphatic rings. The molecule has 1 fully saturated rings. The van der Waals surface area contributed by atoms with Gasteiger partial charge >= 0.3 is 0 Å². The average Bonchev–Trinajstić information content (AvgIpc) is 2.35. The third kappa shape index (κ3) is 6.17. The van der Waals surface area contributed by atoms with Gasteiger partial charge in [-0.1, -0.05) is 6.08 Å². The highest BCUT2D eigenvalue weighted by Gasteiger charge is 2.25. The summed E-state index contributed by atoms with van der Waals surface area (Å²) in [7, 11) is -3.68. The smallest absolute Gasteiger partial charge is 0.262 e. The summed E-state index contributed by atoms with van der Waals surface area (Å²) in [5.74, 6) is -0.856. The van der Waals surface area contributed by atoms with Crippen LogP contribution < -0.4 is 4.72 Å². The predicted octanol–water partition coefficient (Wildman–Crippen LogP) is 0.593. The van der Waals surface area contributed by atoms with Crippen molar-refractivity contribution < 1.29 is 22.7 Å². The van der Waals surface area contributed by atoms with Crippen molar-refractivity contribution in [3.63, 3.8) is 0 Å². The van der Waals surface area contributed by atoms with E-state index >= 15 is 0 Å². The van der Waals surface area contributed by atoms with Gasteiger partial charge in [-0.25, -0.2) is 8.42 Å². The Morgan fingerprint density at radius 2 is 2.32 bits per heavy atom. The first kappa shape index (κ1) is 16.1. The number of nitrogens with one attached hydrogen (secondary N) is 1. The molecule has 1 N–H and O–H groups in total. The van der Waals surface area contributed by atoms with Gasteiger partial charge in [-0.3, -0.25) is 9.52 Å². The maximum Gasteiger partial charge on any atom is 0.262 e. The fourth-order valence-electron chi connectivity index (χ4n) is 1.75. The van der Waals surface area contributed by atoms with Gasteiger partial charge in [0, 0.05) is 6.61 Å². The third-order valence-electron chi connectivity index (χ3n) is 2.77. The Bertz CT molecular complexity index is 400. The lowest BCUT2D eigenvalue weighted by atomic mass is 10.1. The SMILES string of the molecule is C=CCO[C@@H](C)C(=O)NS(=O)(=O)C[C@H]1CCCCO1. The number of ether oxygens (including phenoxy) is 2. The van der Waals surface area contributed by atoms with Crippen molar-refractivity contribution in [2.24, 2.45) is 0 Å². The lowest BCUT2D eigenvalue weighted by molar-refractivity contribution is -0.129. The second kappa shape index (κ2) is 7.62. The van der Waals surface area contributed by atoms with Gasteiger partial charge in [0.05, 0.1) is 18.5 Å². The van der Waals surface area contributed by atoms with Crippen molar-refractivity contribution in [3.8, 4) is 0 Å². The molecule has 0 bridgehead atoms. The van der Waals surface area contributed by atoms with E-state index in [2.05, 4.69) is 6.58 Å². The molecular weight excluding hydrogens is 270 g/mol. The lowest BCUT2D eigenvalue weighted by Gasteiger charge is -2.22. The van der Waals surface area contributed by atoms with Crippen LogP contribution in [-0.4, -0.2) is 45.5 Å². The molecule has 6 nitrogen and oxygen atoms in total. The Morgan fingerprint density at radius 3 is 2.89 bits per heavy atom. The summed E-state index contributed by atoms with van der Waals surface area (Å²) >= 11 is 0. The van der Waals surface area contributed by atoms with Crippen LogP contribution in [0.25, 0.3) is 0 Å².